The Balaban J connectivity index is 0. The van der Waals surface area contributed by atoms with Crippen molar-refractivity contribution in [2.45, 2.75) is 18.9 Å². The zero-order valence-corrected chi connectivity index (χ0v) is 8.85. The summed E-state index contributed by atoms with van der Waals surface area (Å²) in [4.78, 5) is 13.9. The van der Waals surface area contributed by atoms with Crippen LogP contribution < -0.4 is 17.2 Å². The molecule has 0 aliphatic rings. The summed E-state index contributed by atoms with van der Waals surface area (Å²) in [6, 6.07) is -0.820. The van der Waals surface area contributed by atoms with Gasteiger partial charge in [0.2, 0.25) is 0 Å². The second-order valence-electron chi connectivity index (χ2n) is 2.39. The molecular formula is C6H14N4O2Se. The molecule has 0 saturated carbocycles. The summed E-state index contributed by atoms with van der Waals surface area (Å²) >= 11 is 0. The summed E-state index contributed by atoms with van der Waals surface area (Å²) < 4.78 is 0. The minimum absolute atomic E-state index is 0. The Morgan fingerprint density at radius 2 is 2.00 bits per heavy atom. The summed E-state index contributed by atoms with van der Waals surface area (Å²) in [7, 11) is 0. The van der Waals surface area contributed by atoms with Crippen molar-refractivity contribution in [2.75, 3.05) is 6.54 Å². The van der Waals surface area contributed by atoms with Crippen molar-refractivity contribution in [2.24, 2.45) is 22.2 Å². The number of aliphatic carboxylic acids is 1. The van der Waals surface area contributed by atoms with Gasteiger partial charge in [0, 0.05) is 23.6 Å². The van der Waals surface area contributed by atoms with E-state index in [9.17, 15) is 4.79 Å². The second-order valence-corrected chi connectivity index (χ2v) is 2.39. The first-order valence-electron chi connectivity index (χ1n) is 3.58. The molecule has 0 aliphatic heterocycles. The molecule has 0 fully saturated rings. The van der Waals surface area contributed by atoms with Gasteiger partial charge in [0.05, 0.1) is 0 Å². The summed E-state index contributed by atoms with van der Waals surface area (Å²) in [5, 5.41) is 8.38. The van der Waals surface area contributed by atoms with E-state index in [1.54, 1.807) is 0 Å². The minimum atomic E-state index is -1.00. The van der Waals surface area contributed by atoms with Gasteiger partial charge in [-0.2, -0.15) is 0 Å². The fourth-order valence-electron chi connectivity index (χ4n) is 0.643. The van der Waals surface area contributed by atoms with Crippen LogP contribution in [0, 0.1) is 0 Å². The number of hydrogen-bond donors (Lipinski definition) is 4. The fourth-order valence-corrected chi connectivity index (χ4v) is 0.643. The molecule has 0 bridgehead atoms. The van der Waals surface area contributed by atoms with Crippen molar-refractivity contribution in [3.63, 3.8) is 0 Å². The van der Waals surface area contributed by atoms with E-state index in [2.05, 4.69) is 4.99 Å². The Kier molecular flexibility index (Phi) is 8.89. The number of rotatable bonds is 5. The maximum Gasteiger partial charge on any atom is 0.320 e. The summed E-state index contributed by atoms with van der Waals surface area (Å²) in [6.07, 6.45) is 0.956. The van der Waals surface area contributed by atoms with Crippen LogP contribution in [0.3, 0.4) is 0 Å². The van der Waals surface area contributed by atoms with Crippen LogP contribution in [0.4, 0.5) is 0 Å². The Hall–Kier alpha value is -0.781. The third-order valence-electron chi connectivity index (χ3n) is 1.28. The zero-order chi connectivity index (χ0) is 9.56. The predicted molar refractivity (Wildman–Crippen MR) is 51.3 cm³/mol. The van der Waals surface area contributed by atoms with Crippen molar-refractivity contribution < 1.29 is 9.90 Å². The number of nitrogens with zero attached hydrogens (tertiary/aromatic N) is 1. The SMILES string of the molecule is NC(N)=NCCCC(N)C(=O)O.[Se]. The predicted octanol–water partition coefficient (Wildman–Crippen LogP) is -1.93. The molecule has 6 nitrogen and oxygen atoms in total. The Morgan fingerprint density at radius 1 is 1.46 bits per heavy atom. The smallest absolute Gasteiger partial charge is 0.320 e. The number of carboxylic acids is 1. The molecule has 7 N–H and O–H groups in total. The minimum Gasteiger partial charge on any atom is -0.480 e. The first-order valence-corrected chi connectivity index (χ1v) is 3.58. The number of nitrogens with two attached hydrogens (primary N) is 3. The largest absolute Gasteiger partial charge is 0.480 e. The van der Waals surface area contributed by atoms with E-state index >= 15 is 0 Å². The van der Waals surface area contributed by atoms with Gasteiger partial charge in [-0.15, -0.1) is 0 Å². The van der Waals surface area contributed by atoms with Gasteiger partial charge in [0.25, 0.3) is 0 Å². The summed E-state index contributed by atoms with van der Waals surface area (Å²) in [5.74, 6) is -0.987. The monoisotopic (exact) mass is 254 g/mol. The van der Waals surface area contributed by atoms with Crippen LogP contribution in [0.2, 0.25) is 0 Å². The Bertz CT molecular complexity index is 181. The quantitative estimate of drug-likeness (QED) is 0.196. The molecule has 1 unspecified atom stereocenters. The summed E-state index contributed by atoms with van der Waals surface area (Å²) in [5.41, 5.74) is 15.3. The fraction of sp³-hybridized carbons (Fsp3) is 0.667. The molecule has 0 heterocycles. The third kappa shape index (κ3) is 9.13. The van der Waals surface area contributed by atoms with Crippen LogP contribution in [0.25, 0.3) is 0 Å². The number of carboxylic acid groups (broad SMARTS) is 1. The van der Waals surface area contributed by atoms with Crippen molar-refractivity contribution in [1.82, 2.24) is 0 Å². The van der Waals surface area contributed by atoms with E-state index in [0.717, 1.165) is 0 Å². The van der Waals surface area contributed by atoms with Gasteiger partial charge in [0.15, 0.2) is 5.96 Å². The van der Waals surface area contributed by atoms with Gasteiger partial charge in [-0.05, 0) is 12.8 Å². The van der Waals surface area contributed by atoms with Crippen molar-refractivity contribution in [1.29, 1.82) is 0 Å². The van der Waals surface area contributed by atoms with E-state index < -0.39 is 12.0 Å². The number of aliphatic imine (C=N–C) groups is 1. The zero-order valence-electron chi connectivity index (χ0n) is 7.14. The van der Waals surface area contributed by atoms with Crippen LogP contribution in [0.5, 0.6) is 0 Å². The van der Waals surface area contributed by atoms with Crippen molar-refractivity contribution >= 4 is 29.0 Å². The Morgan fingerprint density at radius 3 is 2.38 bits per heavy atom. The van der Waals surface area contributed by atoms with Gasteiger partial charge in [-0.25, -0.2) is 0 Å². The van der Waals surface area contributed by atoms with Gasteiger partial charge in [0.1, 0.15) is 6.04 Å². The average molecular weight is 253 g/mol. The first-order chi connectivity index (χ1) is 5.54. The van der Waals surface area contributed by atoms with Crippen molar-refractivity contribution in [3.8, 4) is 0 Å². The van der Waals surface area contributed by atoms with Gasteiger partial charge >= 0.3 is 5.97 Å². The molecule has 2 radical (unpaired) electrons. The molecule has 0 aromatic heterocycles. The molecule has 76 valence electrons. The molecule has 0 saturated heterocycles. The van der Waals surface area contributed by atoms with Crippen molar-refractivity contribution in [3.05, 3.63) is 0 Å². The molecule has 0 rings (SSSR count). The molecule has 0 aromatic carbocycles. The van der Waals surface area contributed by atoms with Gasteiger partial charge < -0.3 is 22.3 Å². The number of carbonyl (C=O) groups is 1. The first kappa shape index (κ1) is 14.7. The van der Waals surface area contributed by atoms with Crippen LogP contribution in [-0.2, 0) is 4.79 Å². The molecule has 0 amide bonds. The molecule has 13 heavy (non-hydrogen) atoms. The van der Waals surface area contributed by atoms with E-state index in [-0.39, 0.29) is 23.0 Å². The van der Waals surface area contributed by atoms with Crippen LogP contribution in [0.1, 0.15) is 12.8 Å². The average Bonchev–Trinajstić information content (AvgIpc) is 1.97. The number of hydrogen-bond acceptors (Lipinski definition) is 3. The van der Waals surface area contributed by atoms with E-state index in [0.29, 0.717) is 19.4 Å². The molecule has 0 aliphatic carbocycles. The maximum absolute atomic E-state index is 10.2. The van der Waals surface area contributed by atoms with E-state index in [1.807, 2.05) is 0 Å². The second kappa shape index (κ2) is 7.85. The topological polar surface area (TPSA) is 128 Å². The Labute approximate surface area is 87.0 Å². The molecule has 0 aromatic rings. The standard InChI is InChI=1S/C6H14N4O2.Se/c7-4(5(11)12)2-1-3-10-6(8)9;/h4H,1-3,7H2,(H,11,12)(H4,8,9,10);. The molecule has 0 spiro atoms. The summed E-state index contributed by atoms with van der Waals surface area (Å²) in [6.45, 7) is 0.420. The van der Waals surface area contributed by atoms with Crippen LogP contribution in [-0.4, -0.2) is 46.7 Å². The molecule has 7 heteroatoms. The number of guanidine groups is 1. The van der Waals surface area contributed by atoms with E-state index in [1.165, 1.54) is 0 Å². The molecular weight excluding hydrogens is 239 g/mol. The van der Waals surface area contributed by atoms with Gasteiger partial charge in [-0.3, -0.25) is 9.79 Å². The molecule has 1 atom stereocenters. The van der Waals surface area contributed by atoms with E-state index in [4.69, 9.17) is 22.3 Å². The van der Waals surface area contributed by atoms with Gasteiger partial charge in [-0.1, -0.05) is 0 Å². The van der Waals surface area contributed by atoms with Crippen LogP contribution >= 0.6 is 0 Å². The third-order valence-corrected chi connectivity index (χ3v) is 1.28. The van der Waals surface area contributed by atoms with Crippen LogP contribution in [0.15, 0.2) is 4.99 Å². The maximum atomic E-state index is 10.2. The normalized spacial score (nSPS) is 11.2.